The molecule has 2 aromatic rings. The summed E-state index contributed by atoms with van der Waals surface area (Å²) in [5, 5.41) is 3.26. The second kappa shape index (κ2) is 8.25. The average Bonchev–Trinajstić information content (AvgIpc) is 2.59. The zero-order valence-corrected chi connectivity index (χ0v) is 14.4. The lowest BCUT2D eigenvalue weighted by Crippen LogP contribution is -2.31. The van der Waals surface area contributed by atoms with Crippen molar-refractivity contribution in [2.45, 2.75) is 39.2 Å². The molecule has 0 bridgehead atoms. The number of aromatic nitrogens is 1. The highest BCUT2D eigenvalue weighted by atomic mass is 19.1. The van der Waals surface area contributed by atoms with E-state index in [-0.39, 0.29) is 5.82 Å². The molecule has 0 spiro atoms. The van der Waals surface area contributed by atoms with Crippen LogP contribution in [0.1, 0.15) is 36.2 Å². The van der Waals surface area contributed by atoms with Crippen molar-refractivity contribution in [2.24, 2.45) is 0 Å². The summed E-state index contributed by atoms with van der Waals surface area (Å²) in [7, 11) is 0. The van der Waals surface area contributed by atoms with Crippen molar-refractivity contribution < 1.29 is 4.39 Å². The lowest BCUT2D eigenvalue weighted by molar-refractivity contribution is 0.231. The highest BCUT2D eigenvalue weighted by Gasteiger charge is 2.10. The Bertz CT molecular complexity index is 645. The Morgan fingerprint density at radius 3 is 2.67 bits per heavy atom. The number of piperidine rings is 1. The lowest BCUT2D eigenvalue weighted by atomic mass is 10.1. The summed E-state index contributed by atoms with van der Waals surface area (Å²) in [6.45, 7) is 6.04. The number of pyridine rings is 1. The van der Waals surface area contributed by atoms with Gasteiger partial charge in [0.2, 0.25) is 0 Å². The number of anilines is 1. The molecule has 0 aliphatic carbocycles. The summed E-state index contributed by atoms with van der Waals surface area (Å²) in [4.78, 5) is 7.27. The van der Waals surface area contributed by atoms with Gasteiger partial charge in [-0.05, 0) is 68.8 Å². The first kappa shape index (κ1) is 16.9. The molecule has 0 atom stereocenters. The smallest absolute Gasteiger partial charge is 0.125 e. The van der Waals surface area contributed by atoms with Gasteiger partial charge in [-0.1, -0.05) is 12.5 Å². The first-order chi connectivity index (χ1) is 11.7. The molecule has 1 fully saturated rings. The van der Waals surface area contributed by atoms with Crippen molar-refractivity contribution in [3.63, 3.8) is 0 Å². The highest BCUT2D eigenvalue weighted by Crippen LogP contribution is 2.14. The van der Waals surface area contributed by atoms with Crippen LogP contribution in [-0.4, -0.2) is 29.5 Å². The number of hydrogen-bond acceptors (Lipinski definition) is 3. The Labute approximate surface area is 143 Å². The summed E-state index contributed by atoms with van der Waals surface area (Å²) in [5.74, 6) is -0.208. The molecular formula is C20H26FN3. The van der Waals surface area contributed by atoms with Gasteiger partial charge in [0.25, 0.3) is 0 Å². The third kappa shape index (κ3) is 5.03. The van der Waals surface area contributed by atoms with E-state index in [2.05, 4.69) is 22.3 Å². The van der Waals surface area contributed by atoms with Gasteiger partial charge in [0.15, 0.2) is 0 Å². The van der Waals surface area contributed by atoms with E-state index in [0.29, 0.717) is 6.54 Å². The van der Waals surface area contributed by atoms with Gasteiger partial charge in [-0.3, -0.25) is 4.98 Å². The van der Waals surface area contributed by atoms with E-state index in [1.807, 2.05) is 19.1 Å². The van der Waals surface area contributed by atoms with E-state index < -0.39 is 0 Å². The molecule has 3 nitrogen and oxygen atoms in total. The molecular weight excluding hydrogens is 301 g/mol. The van der Waals surface area contributed by atoms with E-state index >= 15 is 0 Å². The maximum atomic E-state index is 13.4. The van der Waals surface area contributed by atoms with Gasteiger partial charge >= 0.3 is 0 Å². The topological polar surface area (TPSA) is 28.2 Å². The van der Waals surface area contributed by atoms with Crippen molar-refractivity contribution >= 4 is 5.69 Å². The van der Waals surface area contributed by atoms with E-state index in [1.54, 1.807) is 0 Å². The molecule has 1 aromatic carbocycles. The van der Waals surface area contributed by atoms with Crippen LogP contribution in [0.25, 0.3) is 0 Å². The quantitative estimate of drug-likeness (QED) is 0.863. The van der Waals surface area contributed by atoms with Gasteiger partial charge in [0.05, 0.1) is 12.2 Å². The minimum absolute atomic E-state index is 0.208. The Morgan fingerprint density at radius 1 is 1.08 bits per heavy atom. The van der Waals surface area contributed by atoms with Crippen molar-refractivity contribution in [3.05, 3.63) is 59.2 Å². The molecule has 1 aromatic heterocycles. The largest absolute Gasteiger partial charge is 0.379 e. The number of hydrogen-bond donors (Lipinski definition) is 1. The van der Waals surface area contributed by atoms with Crippen LogP contribution in [0, 0.1) is 12.7 Å². The summed E-state index contributed by atoms with van der Waals surface area (Å²) in [6, 6.07) is 11.2. The van der Waals surface area contributed by atoms with Crippen LogP contribution in [0.3, 0.4) is 0 Å². The number of halogens is 1. The van der Waals surface area contributed by atoms with Gasteiger partial charge in [0.1, 0.15) is 5.82 Å². The molecule has 0 saturated carbocycles. The fourth-order valence-corrected chi connectivity index (χ4v) is 3.25. The Kier molecular flexibility index (Phi) is 5.81. The molecule has 128 valence electrons. The average molecular weight is 327 g/mol. The zero-order chi connectivity index (χ0) is 16.8. The highest BCUT2D eigenvalue weighted by molar-refractivity contribution is 5.46. The molecule has 0 amide bonds. The second-order valence-electron chi connectivity index (χ2n) is 6.64. The fourth-order valence-electron chi connectivity index (χ4n) is 3.25. The van der Waals surface area contributed by atoms with E-state index in [1.165, 1.54) is 44.5 Å². The summed E-state index contributed by atoms with van der Waals surface area (Å²) in [6.07, 6.45) is 5.01. The molecule has 1 N–H and O–H groups in total. The molecule has 0 radical (unpaired) electrons. The van der Waals surface area contributed by atoms with Crippen LogP contribution in [0.2, 0.25) is 0 Å². The number of nitrogens with one attached hydrogen (secondary N) is 1. The van der Waals surface area contributed by atoms with Gasteiger partial charge in [0, 0.05) is 24.3 Å². The van der Waals surface area contributed by atoms with E-state index in [4.69, 9.17) is 4.98 Å². The Morgan fingerprint density at radius 2 is 1.88 bits per heavy atom. The maximum Gasteiger partial charge on any atom is 0.125 e. The fraction of sp³-hybridized carbons (Fsp3) is 0.450. The van der Waals surface area contributed by atoms with Crippen molar-refractivity contribution in [1.82, 2.24) is 9.88 Å². The third-order valence-electron chi connectivity index (χ3n) is 4.51. The molecule has 1 saturated heterocycles. The standard InChI is InChI=1S/C20H26FN3/c1-16-12-17(21)14-20(13-16)22-15-19-7-5-6-18(23-19)8-11-24-9-3-2-4-10-24/h5-7,12-14,22H,2-4,8-11,15H2,1H3. The number of nitrogens with zero attached hydrogens (tertiary/aromatic N) is 2. The number of benzene rings is 1. The summed E-state index contributed by atoms with van der Waals surface area (Å²) >= 11 is 0. The maximum absolute atomic E-state index is 13.4. The predicted molar refractivity (Wildman–Crippen MR) is 96.7 cm³/mol. The minimum Gasteiger partial charge on any atom is -0.379 e. The molecule has 1 aliphatic heterocycles. The summed E-state index contributed by atoms with van der Waals surface area (Å²) in [5.41, 5.74) is 3.84. The zero-order valence-electron chi connectivity index (χ0n) is 14.4. The minimum atomic E-state index is -0.208. The Balaban J connectivity index is 1.54. The second-order valence-corrected chi connectivity index (χ2v) is 6.64. The van der Waals surface area contributed by atoms with Crippen LogP contribution in [0.15, 0.2) is 36.4 Å². The monoisotopic (exact) mass is 327 g/mol. The van der Waals surface area contributed by atoms with Crippen molar-refractivity contribution in [2.75, 3.05) is 25.0 Å². The van der Waals surface area contributed by atoms with Gasteiger partial charge in [-0.2, -0.15) is 0 Å². The molecule has 0 unspecified atom stereocenters. The van der Waals surface area contributed by atoms with Crippen molar-refractivity contribution in [1.29, 1.82) is 0 Å². The van der Waals surface area contributed by atoms with Crippen LogP contribution >= 0.6 is 0 Å². The Hall–Kier alpha value is -1.94. The normalized spacial score (nSPS) is 15.4. The molecule has 2 heterocycles. The van der Waals surface area contributed by atoms with Crippen LogP contribution < -0.4 is 5.32 Å². The first-order valence-electron chi connectivity index (χ1n) is 8.87. The first-order valence-corrected chi connectivity index (χ1v) is 8.87. The number of aryl methyl sites for hydroxylation is 1. The van der Waals surface area contributed by atoms with E-state index in [9.17, 15) is 4.39 Å². The number of rotatable bonds is 6. The van der Waals surface area contributed by atoms with Crippen LogP contribution in [0.5, 0.6) is 0 Å². The molecule has 24 heavy (non-hydrogen) atoms. The predicted octanol–water partition coefficient (Wildman–Crippen LogP) is 4.17. The molecule has 3 rings (SSSR count). The van der Waals surface area contributed by atoms with E-state index in [0.717, 1.165) is 35.6 Å². The van der Waals surface area contributed by atoms with Gasteiger partial charge < -0.3 is 10.2 Å². The lowest BCUT2D eigenvalue weighted by Gasteiger charge is -2.26. The molecule has 1 aliphatic rings. The molecule has 4 heteroatoms. The summed E-state index contributed by atoms with van der Waals surface area (Å²) < 4.78 is 13.4. The third-order valence-corrected chi connectivity index (χ3v) is 4.51. The van der Waals surface area contributed by atoms with Gasteiger partial charge in [-0.15, -0.1) is 0 Å². The van der Waals surface area contributed by atoms with Crippen molar-refractivity contribution in [3.8, 4) is 0 Å². The van der Waals surface area contributed by atoms with Gasteiger partial charge in [-0.25, -0.2) is 4.39 Å². The number of likely N-dealkylation sites (tertiary alicyclic amines) is 1. The van der Waals surface area contributed by atoms with Crippen LogP contribution in [0.4, 0.5) is 10.1 Å². The van der Waals surface area contributed by atoms with Crippen LogP contribution in [-0.2, 0) is 13.0 Å². The SMILES string of the molecule is Cc1cc(F)cc(NCc2cccc(CCN3CCCCC3)n2)c1.